The fourth-order valence-corrected chi connectivity index (χ4v) is 3.35. The summed E-state index contributed by atoms with van der Waals surface area (Å²) < 4.78 is 27.4. The predicted molar refractivity (Wildman–Crippen MR) is 82.3 cm³/mol. The summed E-state index contributed by atoms with van der Waals surface area (Å²) in [6.45, 7) is 5.58. The molecule has 2 rings (SSSR count). The summed E-state index contributed by atoms with van der Waals surface area (Å²) in [4.78, 5) is 0.261. The van der Waals surface area contributed by atoms with E-state index >= 15 is 0 Å². The van der Waals surface area contributed by atoms with E-state index in [0.29, 0.717) is 11.4 Å². The highest BCUT2D eigenvalue weighted by Gasteiger charge is 2.16. The van der Waals surface area contributed by atoms with Crippen LogP contribution in [0.3, 0.4) is 0 Å². The molecule has 4 nitrogen and oxygen atoms in total. The molecule has 0 aliphatic carbocycles. The Morgan fingerprint density at radius 2 is 1.55 bits per heavy atom. The van der Waals surface area contributed by atoms with Crippen LogP contribution < -0.4 is 10.5 Å². The van der Waals surface area contributed by atoms with Crippen molar-refractivity contribution in [3.05, 3.63) is 53.1 Å². The lowest BCUT2D eigenvalue weighted by Gasteiger charge is -2.12. The average Bonchev–Trinajstić information content (AvgIpc) is 2.32. The second-order valence-corrected chi connectivity index (χ2v) is 6.69. The van der Waals surface area contributed by atoms with E-state index in [1.807, 2.05) is 26.8 Å². The van der Waals surface area contributed by atoms with Crippen LogP contribution in [0.15, 0.2) is 41.3 Å². The van der Waals surface area contributed by atoms with Gasteiger partial charge in [0.2, 0.25) is 0 Å². The van der Waals surface area contributed by atoms with Crippen LogP contribution in [0.25, 0.3) is 0 Å². The summed E-state index contributed by atoms with van der Waals surface area (Å²) in [5.74, 6) is 0. The first-order chi connectivity index (χ1) is 9.28. The maximum absolute atomic E-state index is 12.4. The van der Waals surface area contributed by atoms with E-state index in [-0.39, 0.29) is 4.90 Å². The van der Waals surface area contributed by atoms with Crippen LogP contribution in [-0.2, 0) is 10.0 Å². The number of aryl methyl sites for hydroxylation is 3. The van der Waals surface area contributed by atoms with Gasteiger partial charge in [0.15, 0.2) is 0 Å². The van der Waals surface area contributed by atoms with E-state index in [0.717, 1.165) is 16.7 Å². The Bertz CT molecular complexity index is 732. The molecule has 0 bridgehead atoms. The van der Waals surface area contributed by atoms with E-state index < -0.39 is 10.0 Å². The molecule has 0 heterocycles. The van der Waals surface area contributed by atoms with Crippen LogP contribution in [0.5, 0.6) is 0 Å². The Morgan fingerprint density at radius 1 is 0.950 bits per heavy atom. The highest BCUT2D eigenvalue weighted by Crippen LogP contribution is 2.23. The smallest absolute Gasteiger partial charge is 0.261 e. The SMILES string of the molecule is Cc1cc(C)cc(S(=O)(=O)Nc2cc(N)ccc2C)c1. The fraction of sp³-hybridized carbons (Fsp3) is 0.200. The van der Waals surface area contributed by atoms with Gasteiger partial charge in [-0.2, -0.15) is 0 Å². The zero-order valence-electron chi connectivity index (χ0n) is 11.8. The predicted octanol–water partition coefficient (Wildman–Crippen LogP) is 2.99. The first kappa shape index (κ1) is 14.4. The van der Waals surface area contributed by atoms with Crippen molar-refractivity contribution in [3.63, 3.8) is 0 Å². The fourth-order valence-electron chi connectivity index (χ4n) is 2.04. The third kappa shape index (κ3) is 3.11. The number of hydrogen-bond acceptors (Lipinski definition) is 3. The Kier molecular flexibility index (Phi) is 3.72. The first-order valence-electron chi connectivity index (χ1n) is 6.25. The van der Waals surface area contributed by atoms with Crippen molar-refractivity contribution in [2.24, 2.45) is 0 Å². The van der Waals surface area contributed by atoms with Crippen LogP contribution >= 0.6 is 0 Å². The monoisotopic (exact) mass is 290 g/mol. The van der Waals surface area contributed by atoms with E-state index in [4.69, 9.17) is 5.73 Å². The number of benzene rings is 2. The Balaban J connectivity index is 2.43. The summed E-state index contributed by atoms with van der Waals surface area (Å²) in [5.41, 5.74) is 9.37. The molecule has 2 aromatic carbocycles. The second kappa shape index (κ2) is 5.17. The molecule has 0 aliphatic heterocycles. The van der Waals surface area contributed by atoms with Gasteiger partial charge in [0.05, 0.1) is 10.6 Å². The minimum atomic E-state index is -3.60. The molecule has 5 heteroatoms. The van der Waals surface area contributed by atoms with Crippen molar-refractivity contribution >= 4 is 21.4 Å². The van der Waals surface area contributed by atoms with Gasteiger partial charge in [-0.05, 0) is 61.7 Å². The Morgan fingerprint density at radius 3 is 2.15 bits per heavy atom. The maximum atomic E-state index is 12.4. The van der Waals surface area contributed by atoms with Gasteiger partial charge in [-0.15, -0.1) is 0 Å². The molecule has 2 aromatic rings. The molecular formula is C15H18N2O2S. The van der Waals surface area contributed by atoms with Crippen molar-refractivity contribution in [1.82, 2.24) is 0 Å². The number of hydrogen-bond donors (Lipinski definition) is 2. The van der Waals surface area contributed by atoms with Gasteiger partial charge < -0.3 is 5.73 Å². The summed E-state index contributed by atoms with van der Waals surface area (Å²) in [5, 5.41) is 0. The van der Waals surface area contributed by atoms with Crippen LogP contribution in [0.4, 0.5) is 11.4 Å². The lowest BCUT2D eigenvalue weighted by atomic mass is 10.2. The van der Waals surface area contributed by atoms with Crippen LogP contribution in [-0.4, -0.2) is 8.42 Å². The van der Waals surface area contributed by atoms with Gasteiger partial charge in [-0.1, -0.05) is 12.1 Å². The van der Waals surface area contributed by atoms with Crippen molar-refractivity contribution < 1.29 is 8.42 Å². The molecule has 0 saturated heterocycles. The molecule has 0 amide bonds. The molecule has 3 N–H and O–H groups in total. The maximum Gasteiger partial charge on any atom is 0.261 e. The summed E-state index contributed by atoms with van der Waals surface area (Å²) in [6, 6.07) is 10.4. The largest absolute Gasteiger partial charge is 0.399 e. The van der Waals surface area contributed by atoms with E-state index in [1.165, 1.54) is 0 Å². The number of nitrogen functional groups attached to an aromatic ring is 1. The van der Waals surface area contributed by atoms with Crippen molar-refractivity contribution in [2.75, 3.05) is 10.5 Å². The molecule has 0 spiro atoms. The molecule has 0 unspecified atom stereocenters. The number of nitrogens with two attached hydrogens (primary N) is 1. The number of anilines is 2. The van der Waals surface area contributed by atoms with Gasteiger partial charge in [0.1, 0.15) is 0 Å². The summed E-state index contributed by atoms with van der Waals surface area (Å²) in [6.07, 6.45) is 0. The van der Waals surface area contributed by atoms with Crippen LogP contribution in [0.2, 0.25) is 0 Å². The lowest BCUT2D eigenvalue weighted by molar-refractivity contribution is 0.601. The number of nitrogens with one attached hydrogen (secondary N) is 1. The summed E-state index contributed by atoms with van der Waals surface area (Å²) in [7, 11) is -3.60. The standard InChI is InChI=1S/C15H18N2O2S/c1-10-6-11(2)8-14(7-10)20(18,19)17-15-9-13(16)5-4-12(15)3/h4-9,17H,16H2,1-3H3. The van der Waals surface area contributed by atoms with Gasteiger partial charge in [0.25, 0.3) is 10.0 Å². The molecule has 0 fully saturated rings. The molecule has 20 heavy (non-hydrogen) atoms. The van der Waals surface area contributed by atoms with E-state index in [1.54, 1.807) is 30.3 Å². The van der Waals surface area contributed by atoms with Gasteiger partial charge in [-0.25, -0.2) is 8.42 Å². The number of sulfonamides is 1. The zero-order valence-corrected chi connectivity index (χ0v) is 12.6. The first-order valence-corrected chi connectivity index (χ1v) is 7.73. The van der Waals surface area contributed by atoms with Gasteiger partial charge >= 0.3 is 0 Å². The van der Waals surface area contributed by atoms with Crippen molar-refractivity contribution in [3.8, 4) is 0 Å². The Hall–Kier alpha value is -2.01. The third-order valence-electron chi connectivity index (χ3n) is 3.01. The second-order valence-electron chi connectivity index (χ2n) is 5.00. The van der Waals surface area contributed by atoms with Gasteiger partial charge in [-0.3, -0.25) is 4.72 Å². The normalized spacial score (nSPS) is 11.3. The molecule has 0 atom stereocenters. The topological polar surface area (TPSA) is 72.2 Å². The minimum absolute atomic E-state index is 0.261. The van der Waals surface area contributed by atoms with E-state index in [2.05, 4.69) is 4.72 Å². The zero-order chi connectivity index (χ0) is 14.9. The molecular weight excluding hydrogens is 272 g/mol. The third-order valence-corrected chi connectivity index (χ3v) is 4.36. The van der Waals surface area contributed by atoms with E-state index in [9.17, 15) is 8.42 Å². The minimum Gasteiger partial charge on any atom is -0.399 e. The molecule has 0 aliphatic rings. The quantitative estimate of drug-likeness (QED) is 0.854. The highest BCUT2D eigenvalue weighted by atomic mass is 32.2. The lowest BCUT2D eigenvalue weighted by Crippen LogP contribution is -2.14. The molecule has 0 radical (unpaired) electrons. The Labute approximate surface area is 119 Å². The highest BCUT2D eigenvalue weighted by molar-refractivity contribution is 7.92. The van der Waals surface area contributed by atoms with Crippen molar-refractivity contribution in [2.45, 2.75) is 25.7 Å². The summed E-state index contributed by atoms with van der Waals surface area (Å²) >= 11 is 0. The van der Waals surface area contributed by atoms with Crippen molar-refractivity contribution in [1.29, 1.82) is 0 Å². The van der Waals surface area contributed by atoms with Crippen LogP contribution in [0, 0.1) is 20.8 Å². The van der Waals surface area contributed by atoms with Gasteiger partial charge in [0, 0.05) is 5.69 Å². The molecule has 0 aromatic heterocycles. The average molecular weight is 290 g/mol. The van der Waals surface area contributed by atoms with Crippen LogP contribution in [0.1, 0.15) is 16.7 Å². The molecule has 106 valence electrons. The molecule has 0 saturated carbocycles. The number of rotatable bonds is 3.